The van der Waals surface area contributed by atoms with Crippen molar-refractivity contribution in [1.29, 1.82) is 0 Å². The van der Waals surface area contributed by atoms with Crippen LogP contribution >= 0.6 is 11.3 Å². The van der Waals surface area contributed by atoms with Crippen LogP contribution in [0.1, 0.15) is 28.5 Å². The van der Waals surface area contributed by atoms with Crippen LogP contribution in [0.3, 0.4) is 0 Å². The summed E-state index contributed by atoms with van der Waals surface area (Å²) in [5.74, 6) is 0.509. The molecule has 3 rings (SSSR count). The molecule has 0 saturated heterocycles. The third-order valence-electron chi connectivity index (χ3n) is 3.59. The largest absolute Gasteiger partial charge is 0.327 e. The molecule has 2 nitrogen and oxygen atoms in total. The smallest absolute Gasteiger partial charge is 0.0940 e. The highest BCUT2D eigenvalue weighted by molar-refractivity contribution is 7.09. The molecule has 2 aromatic rings. The number of benzene rings is 1. The first-order chi connectivity index (χ1) is 8.34. The van der Waals surface area contributed by atoms with E-state index in [0.717, 1.165) is 11.4 Å². The molecule has 1 heterocycles. The van der Waals surface area contributed by atoms with Gasteiger partial charge in [0.25, 0.3) is 0 Å². The molecule has 3 heteroatoms. The lowest BCUT2D eigenvalue weighted by atomic mass is 9.92. The Bertz CT molecular complexity index is 493. The Morgan fingerprint density at radius 3 is 3.12 bits per heavy atom. The maximum Gasteiger partial charge on any atom is 0.0940 e. The highest BCUT2D eigenvalue weighted by atomic mass is 32.1. The van der Waals surface area contributed by atoms with Crippen LogP contribution in [0.2, 0.25) is 0 Å². The lowest BCUT2D eigenvalue weighted by molar-refractivity contribution is 0.524. The second-order valence-corrected chi connectivity index (χ2v) is 5.62. The van der Waals surface area contributed by atoms with Crippen molar-refractivity contribution in [3.63, 3.8) is 0 Å². The van der Waals surface area contributed by atoms with Crippen molar-refractivity contribution in [3.05, 3.63) is 52.0 Å². The van der Waals surface area contributed by atoms with Crippen LogP contribution in [0.15, 0.2) is 35.8 Å². The van der Waals surface area contributed by atoms with E-state index in [1.54, 1.807) is 11.3 Å². The Balaban J connectivity index is 1.78. The first-order valence-corrected chi connectivity index (χ1v) is 6.94. The van der Waals surface area contributed by atoms with Gasteiger partial charge in [-0.1, -0.05) is 24.3 Å². The number of thiazole rings is 1. The topological polar surface area (TPSA) is 38.9 Å². The zero-order valence-corrected chi connectivity index (χ0v) is 10.5. The third-order valence-corrected chi connectivity index (χ3v) is 4.39. The van der Waals surface area contributed by atoms with E-state index in [1.165, 1.54) is 24.0 Å². The SMILES string of the molecule is NC(Cc1nccs1)C1CCc2ccccc21. The monoisotopic (exact) mass is 244 g/mol. The van der Waals surface area contributed by atoms with E-state index in [1.807, 2.05) is 11.6 Å². The fourth-order valence-electron chi connectivity index (χ4n) is 2.73. The lowest BCUT2D eigenvalue weighted by Gasteiger charge is -2.19. The fourth-order valence-corrected chi connectivity index (χ4v) is 3.42. The molecule has 0 fully saturated rings. The highest BCUT2D eigenvalue weighted by Gasteiger charge is 2.27. The predicted molar refractivity (Wildman–Crippen MR) is 71.3 cm³/mol. The van der Waals surface area contributed by atoms with Crippen molar-refractivity contribution in [2.45, 2.75) is 31.2 Å². The minimum Gasteiger partial charge on any atom is -0.327 e. The van der Waals surface area contributed by atoms with Crippen molar-refractivity contribution in [1.82, 2.24) is 4.98 Å². The molecule has 1 aromatic heterocycles. The zero-order chi connectivity index (χ0) is 11.7. The number of aryl methyl sites for hydroxylation is 1. The quantitative estimate of drug-likeness (QED) is 0.901. The number of nitrogens with zero attached hydrogens (tertiary/aromatic N) is 1. The van der Waals surface area contributed by atoms with Crippen LogP contribution in [0.25, 0.3) is 0 Å². The average molecular weight is 244 g/mol. The summed E-state index contributed by atoms with van der Waals surface area (Å²) in [7, 11) is 0. The molecule has 2 atom stereocenters. The summed E-state index contributed by atoms with van der Waals surface area (Å²) in [6.07, 6.45) is 5.12. The van der Waals surface area contributed by atoms with Gasteiger partial charge in [-0.2, -0.15) is 0 Å². The molecule has 88 valence electrons. The molecular formula is C14H16N2S. The standard InChI is InChI=1S/C14H16N2S/c15-13(9-14-16-7-8-17-14)12-6-5-10-3-1-2-4-11(10)12/h1-4,7-8,12-13H,5-6,9,15H2. The van der Waals surface area contributed by atoms with Crippen molar-refractivity contribution >= 4 is 11.3 Å². The minimum atomic E-state index is 0.199. The second-order valence-electron chi connectivity index (χ2n) is 4.64. The number of nitrogens with two attached hydrogens (primary N) is 1. The van der Waals surface area contributed by atoms with Crippen molar-refractivity contribution in [2.24, 2.45) is 5.73 Å². The molecule has 1 aliphatic carbocycles. The molecule has 2 unspecified atom stereocenters. The molecule has 0 radical (unpaired) electrons. The van der Waals surface area contributed by atoms with Gasteiger partial charge in [0.15, 0.2) is 0 Å². The molecule has 0 bridgehead atoms. The van der Waals surface area contributed by atoms with Gasteiger partial charge in [0.05, 0.1) is 5.01 Å². The number of aromatic nitrogens is 1. The van der Waals surface area contributed by atoms with Crippen molar-refractivity contribution in [2.75, 3.05) is 0 Å². The zero-order valence-electron chi connectivity index (χ0n) is 9.67. The van der Waals surface area contributed by atoms with Crippen LogP contribution in [0.4, 0.5) is 0 Å². The van der Waals surface area contributed by atoms with Gasteiger partial charge in [0.2, 0.25) is 0 Å². The second kappa shape index (κ2) is 4.59. The maximum absolute atomic E-state index is 6.35. The molecule has 1 aliphatic rings. The third kappa shape index (κ3) is 2.13. The number of hydrogen-bond donors (Lipinski definition) is 1. The Kier molecular flexibility index (Phi) is 2.95. The summed E-state index contributed by atoms with van der Waals surface area (Å²) in [5.41, 5.74) is 9.29. The summed E-state index contributed by atoms with van der Waals surface area (Å²) in [6.45, 7) is 0. The van der Waals surface area contributed by atoms with Crippen LogP contribution in [0.5, 0.6) is 0 Å². The first-order valence-electron chi connectivity index (χ1n) is 6.06. The van der Waals surface area contributed by atoms with E-state index in [9.17, 15) is 0 Å². The molecule has 0 saturated carbocycles. The highest BCUT2D eigenvalue weighted by Crippen LogP contribution is 2.35. The predicted octanol–water partition coefficient (Wildman–Crippen LogP) is 2.74. The Morgan fingerprint density at radius 1 is 1.41 bits per heavy atom. The van der Waals surface area contributed by atoms with E-state index < -0.39 is 0 Å². The Hall–Kier alpha value is -1.19. The fraction of sp³-hybridized carbons (Fsp3) is 0.357. The van der Waals surface area contributed by atoms with Crippen LogP contribution in [-0.2, 0) is 12.8 Å². The summed E-state index contributed by atoms with van der Waals surface area (Å²) in [5, 5.41) is 3.17. The summed E-state index contributed by atoms with van der Waals surface area (Å²) < 4.78 is 0. The van der Waals surface area contributed by atoms with Gasteiger partial charge in [-0.25, -0.2) is 4.98 Å². The molecule has 17 heavy (non-hydrogen) atoms. The summed E-state index contributed by atoms with van der Waals surface area (Å²) in [6, 6.07) is 8.89. The van der Waals surface area contributed by atoms with E-state index in [4.69, 9.17) is 5.73 Å². The number of rotatable bonds is 3. The van der Waals surface area contributed by atoms with Gasteiger partial charge in [0.1, 0.15) is 0 Å². The molecule has 0 aliphatic heterocycles. The maximum atomic E-state index is 6.35. The van der Waals surface area contributed by atoms with E-state index >= 15 is 0 Å². The van der Waals surface area contributed by atoms with Crippen molar-refractivity contribution < 1.29 is 0 Å². The van der Waals surface area contributed by atoms with Gasteiger partial charge >= 0.3 is 0 Å². The van der Waals surface area contributed by atoms with Gasteiger partial charge < -0.3 is 5.73 Å². The van der Waals surface area contributed by atoms with Gasteiger partial charge in [-0.05, 0) is 29.9 Å². The molecule has 0 amide bonds. The number of fused-ring (bicyclic) bond motifs is 1. The first kappa shape index (κ1) is 10.9. The van der Waals surface area contributed by atoms with Crippen LogP contribution in [0, 0.1) is 0 Å². The van der Waals surface area contributed by atoms with E-state index in [0.29, 0.717) is 5.92 Å². The average Bonchev–Trinajstić information content (AvgIpc) is 2.96. The molecule has 0 spiro atoms. The van der Waals surface area contributed by atoms with E-state index in [2.05, 4.69) is 29.2 Å². The summed E-state index contributed by atoms with van der Waals surface area (Å²) >= 11 is 1.70. The van der Waals surface area contributed by atoms with Crippen LogP contribution in [-0.4, -0.2) is 11.0 Å². The number of hydrogen-bond acceptors (Lipinski definition) is 3. The van der Waals surface area contributed by atoms with Gasteiger partial charge in [0, 0.05) is 24.0 Å². The molecule has 2 N–H and O–H groups in total. The molecule has 1 aromatic carbocycles. The van der Waals surface area contributed by atoms with Gasteiger partial charge in [-0.3, -0.25) is 0 Å². The Labute approximate surface area is 106 Å². The minimum absolute atomic E-state index is 0.199. The normalized spacial score (nSPS) is 20.2. The summed E-state index contributed by atoms with van der Waals surface area (Å²) in [4.78, 5) is 4.32. The lowest BCUT2D eigenvalue weighted by Crippen LogP contribution is -2.29. The Morgan fingerprint density at radius 2 is 2.29 bits per heavy atom. The molecular weight excluding hydrogens is 228 g/mol. The van der Waals surface area contributed by atoms with Crippen LogP contribution < -0.4 is 5.73 Å². The van der Waals surface area contributed by atoms with E-state index in [-0.39, 0.29) is 6.04 Å². The van der Waals surface area contributed by atoms with Crippen molar-refractivity contribution in [3.8, 4) is 0 Å². The van der Waals surface area contributed by atoms with Gasteiger partial charge in [-0.15, -0.1) is 11.3 Å².